The first kappa shape index (κ1) is 10.6. The fourth-order valence-electron chi connectivity index (χ4n) is 0.164. The molecule has 10 heavy (non-hydrogen) atoms. The Morgan fingerprint density at radius 2 is 1.50 bits per heavy atom. The van der Waals surface area contributed by atoms with E-state index in [4.69, 9.17) is 34.8 Å². The maximum absolute atomic E-state index is 11.3. The summed E-state index contributed by atoms with van der Waals surface area (Å²) in [6.45, 7) is -1.57. The first-order valence-electron chi connectivity index (χ1n) is 1.98. The largest absolute Gasteiger partial charge is 0.411 e. The van der Waals surface area contributed by atoms with Gasteiger partial charge in [0.25, 0.3) is 3.98 Å². The van der Waals surface area contributed by atoms with Crippen LogP contribution in [-0.2, 0) is 4.74 Å². The topological polar surface area (TPSA) is 9.23 Å². The lowest BCUT2D eigenvalue weighted by Crippen LogP contribution is -2.22. The molecule has 0 amide bonds. The molecule has 62 valence electrons. The molecule has 0 radical (unpaired) electrons. The van der Waals surface area contributed by atoms with Crippen LogP contribution in [0.3, 0.4) is 0 Å². The second-order valence-electron chi connectivity index (χ2n) is 1.35. The average Bonchev–Trinajstić information content (AvgIpc) is 1.57. The highest BCUT2D eigenvalue weighted by molar-refractivity contribution is 6.66. The minimum Gasteiger partial charge on any atom is -0.325 e. The van der Waals surface area contributed by atoms with Crippen molar-refractivity contribution in [2.75, 3.05) is 6.61 Å². The Kier molecular flexibility index (Phi) is 3.55. The number of alkyl halides is 6. The van der Waals surface area contributed by atoms with Gasteiger partial charge in [-0.3, -0.25) is 0 Å². The van der Waals surface area contributed by atoms with E-state index in [-0.39, 0.29) is 0 Å². The van der Waals surface area contributed by atoms with Gasteiger partial charge in [-0.15, -0.1) is 0 Å². The summed E-state index contributed by atoms with van der Waals surface area (Å²) in [4.78, 5) is 0. The van der Waals surface area contributed by atoms with Crippen molar-refractivity contribution in [2.45, 2.75) is 10.2 Å². The zero-order valence-electron chi connectivity index (χ0n) is 4.38. The molecule has 0 aliphatic carbocycles. The van der Waals surface area contributed by atoms with Gasteiger partial charge < -0.3 is 4.74 Å². The minimum absolute atomic E-state index is 1.57. The SMILES string of the molecule is FC(F)(F)COC(Cl)(Cl)Cl. The third kappa shape index (κ3) is 8.62. The Labute approximate surface area is 70.0 Å². The average molecular weight is 217 g/mol. The van der Waals surface area contributed by atoms with Gasteiger partial charge in [-0.1, -0.05) is 34.8 Å². The van der Waals surface area contributed by atoms with E-state index in [1.54, 1.807) is 0 Å². The molecule has 0 aromatic heterocycles. The number of ether oxygens (including phenoxy) is 1. The third-order valence-electron chi connectivity index (χ3n) is 0.399. The number of rotatable bonds is 1. The van der Waals surface area contributed by atoms with Gasteiger partial charge >= 0.3 is 6.18 Å². The van der Waals surface area contributed by atoms with Crippen molar-refractivity contribution in [1.82, 2.24) is 0 Å². The predicted octanol–water partition coefficient (Wildman–Crippen LogP) is 2.89. The van der Waals surface area contributed by atoms with Crippen molar-refractivity contribution < 1.29 is 17.9 Å². The highest BCUT2D eigenvalue weighted by Crippen LogP contribution is 2.29. The summed E-state index contributed by atoms with van der Waals surface area (Å²) < 4.78 is 35.3. The van der Waals surface area contributed by atoms with Gasteiger partial charge in [-0.2, -0.15) is 13.2 Å². The Morgan fingerprint density at radius 3 is 1.60 bits per heavy atom. The molecular weight excluding hydrogens is 215 g/mol. The molecule has 0 aliphatic heterocycles. The third-order valence-corrected chi connectivity index (χ3v) is 0.727. The summed E-state index contributed by atoms with van der Waals surface area (Å²) in [7, 11) is 0. The van der Waals surface area contributed by atoms with E-state index in [1.807, 2.05) is 0 Å². The van der Waals surface area contributed by atoms with Crippen molar-refractivity contribution in [3.63, 3.8) is 0 Å². The van der Waals surface area contributed by atoms with E-state index in [1.165, 1.54) is 0 Å². The van der Waals surface area contributed by atoms with Gasteiger partial charge in [0.2, 0.25) is 0 Å². The molecule has 0 unspecified atom stereocenters. The number of hydrogen-bond donors (Lipinski definition) is 0. The first-order valence-corrected chi connectivity index (χ1v) is 3.11. The monoisotopic (exact) mass is 216 g/mol. The van der Waals surface area contributed by atoms with Crippen molar-refractivity contribution in [2.24, 2.45) is 0 Å². The van der Waals surface area contributed by atoms with Crippen LogP contribution < -0.4 is 0 Å². The van der Waals surface area contributed by atoms with Crippen molar-refractivity contribution in [3.05, 3.63) is 0 Å². The molecular formula is C3H2Cl3F3O. The summed E-state index contributed by atoms with van der Waals surface area (Å²) >= 11 is 14.5. The van der Waals surface area contributed by atoms with Gasteiger partial charge in [-0.05, 0) is 0 Å². The fourth-order valence-corrected chi connectivity index (χ4v) is 0.327. The maximum Gasteiger partial charge on any atom is 0.411 e. The second-order valence-corrected chi connectivity index (χ2v) is 3.53. The molecule has 1 nitrogen and oxygen atoms in total. The van der Waals surface area contributed by atoms with Gasteiger partial charge in [0.05, 0.1) is 0 Å². The van der Waals surface area contributed by atoms with Crippen LogP contribution in [0.25, 0.3) is 0 Å². The van der Waals surface area contributed by atoms with Gasteiger partial charge in [0, 0.05) is 0 Å². The fraction of sp³-hybridized carbons (Fsp3) is 1.00. The maximum atomic E-state index is 11.3. The zero-order chi connectivity index (χ0) is 8.41. The van der Waals surface area contributed by atoms with Crippen molar-refractivity contribution in [3.8, 4) is 0 Å². The van der Waals surface area contributed by atoms with E-state index in [0.717, 1.165) is 0 Å². The lowest BCUT2D eigenvalue weighted by atomic mass is 10.7. The van der Waals surface area contributed by atoms with Crippen molar-refractivity contribution in [1.29, 1.82) is 0 Å². The smallest absolute Gasteiger partial charge is 0.325 e. The molecule has 0 spiro atoms. The minimum atomic E-state index is -4.47. The quantitative estimate of drug-likeness (QED) is 0.614. The number of hydrogen-bond acceptors (Lipinski definition) is 1. The highest BCUT2D eigenvalue weighted by atomic mass is 35.6. The van der Waals surface area contributed by atoms with E-state index in [0.29, 0.717) is 0 Å². The van der Waals surface area contributed by atoms with Crippen LogP contribution in [0.5, 0.6) is 0 Å². The molecule has 0 fully saturated rings. The zero-order valence-corrected chi connectivity index (χ0v) is 6.65. The Balaban J connectivity index is 3.56. The van der Waals surface area contributed by atoms with E-state index >= 15 is 0 Å². The molecule has 0 aromatic rings. The summed E-state index contributed by atoms with van der Waals surface area (Å²) in [6, 6.07) is 0. The molecule has 0 rings (SSSR count). The van der Waals surface area contributed by atoms with Crippen molar-refractivity contribution >= 4 is 34.8 Å². The van der Waals surface area contributed by atoms with Crippen LogP contribution in [0.2, 0.25) is 0 Å². The van der Waals surface area contributed by atoms with Crippen LogP contribution in [0.1, 0.15) is 0 Å². The molecule has 0 atom stereocenters. The normalized spacial score (nSPS) is 13.8. The van der Waals surface area contributed by atoms with Crippen LogP contribution in [-0.4, -0.2) is 16.8 Å². The molecule has 0 saturated heterocycles. The summed E-state index contributed by atoms with van der Waals surface area (Å²) in [5, 5.41) is 0. The van der Waals surface area contributed by atoms with Gasteiger partial charge in [0.1, 0.15) is 6.61 Å². The van der Waals surface area contributed by atoms with E-state index in [2.05, 4.69) is 4.74 Å². The molecule has 7 heteroatoms. The summed E-state index contributed by atoms with van der Waals surface area (Å²) in [5.74, 6) is 0. The molecule has 0 N–H and O–H groups in total. The molecule has 0 bridgehead atoms. The Morgan fingerprint density at radius 1 is 1.10 bits per heavy atom. The Bertz CT molecular complexity index is 92.5. The second kappa shape index (κ2) is 3.34. The van der Waals surface area contributed by atoms with Gasteiger partial charge in [-0.25, -0.2) is 0 Å². The van der Waals surface area contributed by atoms with Crippen LogP contribution in [0, 0.1) is 0 Å². The highest BCUT2D eigenvalue weighted by Gasteiger charge is 2.33. The molecule has 0 aliphatic rings. The molecule has 0 heterocycles. The van der Waals surface area contributed by atoms with Crippen LogP contribution >= 0.6 is 34.8 Å². The number of halogens is 6. The van der Waals surface area contributed by atoms with Crippen LogP contribution in [0.4, 0.5) is 13.2 Å². The summed E-state index contributed by atoms with van der Waals surface area (Å²) in [6.07, 6.45) is -4.47. The lowest BCUT2D eigenvalue weighted by molar-refractivity contribution is -0.175. The lowest BCUT2D eigenvalue weighted by Gasteiger charge is -2.13. The van der Waals surface area contributed by atoms with Gasteiger partial charge in [0.15, 0.2) is 0 Å². The Hall–Kier alpha value is 0.620. The van der Waals surface area contributed by atoms with E-state index in [9.17, 15) is 13.2 Å². The standard InChI is InChI=1S/C3H2Cl3F3O/c4-3(5,6)10-1-2(7,8)9/h1H2. The first-order chi connectivity index (χ1) is 4.21. The molecule has 0 saturated carbocycles. The van der Waals surface area contributed by atoms with Crippen LogP contribution in [0.15, 0.2) is 0 Å². The summed E-state index contributed by atoms with van der Waals surface area (Å²) in [5.41, 5.74) is 0. The molecule has 0 aromatic carbocycles. The van der Waals surface area contributed by atoms with E-state index < -0.39 is 16.8 Å². The predicted molar refractivity (Wildman–Crippen MR) is 32.3 cm³/mol.